The molecule has 0 aromatic carbocycles. The van der Waals surface area contributed by atoms with Gasteiger partial charge >= 0.3 is 0 Å². The van der Waals surface area contributed by atoms with E-state index in [0.29, 0.717) is 30.0 Å². The summed E-state index contributed by atoms with van der Waals surface area (Å²) in [7, 11) is 0. The van der Waals surface area contributed by atoms with Gasteiger partial charge in [-0.2, -0.15) is 0 Å². The number of hydrogen-bond donors (Lipinski definition) is 2. The first kappa shape index (κ1) is 11.5. The molecule has 1 aliphatic carbocycles. The van der Waals surface area contributed by atoms with Crippen molar-refractivity contribution < 1.29 is 4.79 Å². The Morgan fingerprint density at radius 1 is 1.18 bits per heavy atom. The Balaban J connectivity index is 1.57. The van der Waals surface area contributed by atoms with Gasteiger partial charge in [-0.1, -0.05) is 13.8 Å². The van der Waals surface area contributed by atoms with Crippen LogP contribution >= 0.6 is 0 Å². The van der Waals surface area contributed by atoms with Gasteiger partial charge in [-0.15, -0.1) is 0 Å². The third-order valence-corrected chi connectivity index (χ3v) is 5.43. The summed E-state index contributed by atoms with van der Waals surface area (Å²) in [5.74, 6) is 1.97. The maximum Gasteiger partial charge on any atom is 0.224 e. The highest BCUT2D eigenvalue weighted by Crippen LogP contribution is 2.35. The van der Waals surface area contributed by atoms with Gasteiger partial charge in [0.2, 0.25) is 5.91 Å². The number of carbonyl (C=O) groups excluding carboxylic acids is 1. The largest absolute Gasteiger partial charge is 0.353 e. The molecule has 2 bridgehead atoms. The van der Waals surface area contributed by atoms with E-state index < -0.39 is 0 Å². The van der Waals surface area contributed by atoms with Crippen molar-refractivity contribution in [1.82, 2.24) is 10.6 Å². The zero-order valence-electron chi connectivity index (χ0n) is 10.9. The van der Waals surface area contributed by atoms with Crippen molar-refractivity contribution in [2.75, 3.05) is 0 Å². The molecule has 0 radical (unpaired) electrons. The molecule has 3 aliphatic rings. The first-order valence-electron chi connectivity index (χ1n) is 7.21. The predicted molar refractivity (Wildman–Crippen MR) is 67.5 cm³/mol. The van der Waals surface area contributed by atoms with E-state index >= 15 is 0 Å². The van der Waals surface area contributed by atoms with Crippen LogP contribution in [0.25, 0.3) is 0 Å². The monoisotopic (exact) mass is 236 g/mol. The van der Waals surface area contributed by atoms with Gasteiger partial charge < -0.3 is 10.6 Å². The highest BCUT2D eigenvalue weighted by Gasteiger charge is 2.43. The van der Waals surface area contributed by atoms with Crippen molar-refractivity contribution >= 4 is 5.91 Å². The van der Waals surface area contributed by atoms with Gasteiger partial charge in [0.25, 0.3) is 0 Å². The number of nitrogens with one attached hydrogen (secondary N) is 2. The third kappa shape index (κ3) is 1.99. The smallest absolute Gasteiger partial charge is 0.224 e. The summed E-state index contributed by atoms with van der Waals surface area (Å²) in [6, 6.07) is 1.52. The molecule has 3 heteroatoms. The number of amides is 1. The van der Waals surface area contributed by atoms with E-state index in [2.05, 4.69) is 24.5 Å². The summed E-state index contributed by atoms with van der Waals surface area (Å²) in [4.78, 5) is 12.3. The number of fused-ring (bicyclic) bond motifs is 2. The van der Waals surface area contributed by atoms with E-state index in [0.717, 1.165) is 12.3 Å². The van der Waals surface area contributed by atoms with Crippen LogP contribution < -0.4 is 10.6 Å². The Kier molecular flexibility index (Phi) is 2.89. The fraction of sp³-hybridized carbons (Fsp3) is 0.929. The summed E-state index contributed by atoms with van der Waals surface area (Å²) >= 11 is 0. The van der Waals surface area contributed by atoms with Crippen LogP contribution in [-0.2, 0) is 4.79 Å². The summed E-state index contributed by atoms with van der Waals surface area (Å²) < 4.78 is 0. The minimum atomic E-state index is 0.247. The molecule has 6 atom stereocenters. The molecule has 3 fully saturated rings. The second kappa shape index (κ2) is 4.27. The number of rotatable bonds is 2. The van der Waals surface area contributed by atoms with Crippen LogP contribution in [0.4, 0.5) is 0 Å². The lowest BCUT2D eigenvalue weighted by atomic mass is 9.88. The molecule has 2 aliphatic heterocycles. The van der Waals surface area contributed by atoms with Crippen LogP contribution in [0, 0.1) is 17.8 Å². The molecular weight excluding hydrogens is 212 g/mol. The molecule has 2 saturated heterocycles. The van der Waals surface area contributed by atoms with Crippen LogP contribution in [0.5, 0.6) is 0 Å². The lowest BCUT2D eigenvalue weighted by Gasteiger charge is -2.24. The Hall–Kier alpha value is -0.570. The van der Waals surface area contributed by atoms with E-state index in [1.165, 1.54) is 25.7 Å². The maximum atomic E-state index is 12.3. The summed E-state index contributed by atoms with van der Waals surface area (Å²) in [6.07, 6.45) is 5.96. The molecule has 96 valence electrons. The molecule has 2 N–H and O–H groups in total. The maximum absolute atomic E-state index is 12.3. The van der Waals surface area contributed by atoms with Gasteiger partial charge in [0.15, 0.2) is 0 Å². The van der Waals surface area contributed by atoms with Gasteiger partial charge in [-0.25, -0.2) is 0 Å². The van der Waals surface area contributed by atoms with E-state index in [1.54, 1.807) is 0 Å². The van der Waals surface area contributed by atoms with Crippen molar-refractivity contribution in [3.05, 3.63) is 0 Å². The van der Waals surface area contributed by atoms with Crippen molar-refractivity contribution in [2.24, 2.45) is 17.8 Å². The molecule has 3 nitrogen and oxygen atoms in total. The summed E-state index contributed by atoms with van der Waals surface area (Å²) in [6.45, 7) is 4.58. The van der Waals surface area contributed by atoms with Gasteiger partial charge in [-0.3, -0.25) is 4.79 Å². The zero-order valence-corrected chi connectivity index (χ0v) is 10.9. The van der Waals surface area contributed by atoms with Crippen LogP contribution in [0.1, 0.15) is 46.0 Å². The fourth-order valence-electron chi connectivity index (χ4n) is 3.97. The van der Waals surface area contributed by atoms with Crippen molar-refractivity contribution in [3.63, 3.8) is 0 Å². The predicted octanol–water partition coefficient (Wildman–Crippen LogP) is 1.68. The number of hydrogen-bond acceptors (Lipinski definition) is 2. The molecule has 0 aromatic heterocycles. The molecule has 0 aromatic rings. The Labute approximate surface area is 104 Å². The minimum absolute atomic E-state index is 0.247. The molecule has 6 unspecified atom stereocenters. The molecular formula is C14H24N2O. The van der Waals surface area contributed by atoms with E-state index in [1.807, 2.05) is 0 Å². The molecule has 2 heterocycles. The van der Waals surface area contributed by atoms with Gasteiger partial charge in [0.05, 0.1) is 5.92 Å². The average molecular weight is 236 g/mol. The molecule has 17 heavy (non-hydrogen) atoms. The van der Waals surface area contributed by atoms with E-state index in [4.69, 9.17) is 0 Å². The van der Waals surface area contributed by atoms with E-state index in [-0.39, 0.29) is 5.92 Å². The average Bonchev–Trinajstić information content (AvgIpc) is 3.00. The Bertz CT molecular complexity index is 317. The second-order valence-corrected chi connectivity index (χ2v) is 6.42. The first-order chi connectivity index (χ1) is 8.15. The molecule has 0 spiro atoms. The van der Waals surface area contributed by atoms with Crippen molar-refractivity contribution in [1.29, 1.82) is 0 Å². The first-order valence-corrected chi connectivity index (χ1v) is 7.21. The molecule has 1 saturated carbocycles. The lowest BCUT2D eigenvalue weighted by Crippen LogP contribution is -2.44. The third-order valence-electron chi connectivity index (χ3n) is 5.43. The topological polar surface area (TPSA) is 41.1 Å². The van der Waals surface area contributed by atoms with Crippen molar-refractivity contribution in [3.8, 4) is 0 Å². The second-order valence-electron chi connectivity index (χ2n) is 6.42. The highest BCUT2D eigenvalue weighted by atomic mass is 16.2. The number of carbonyl (C=O) groups is 1. The quantitative estimate of drug-likeness (QED) is 0.766. The lowest BCUT2D eigenvalue weighted by molar-refractivity contribution is -0.126. The van der Waals surface area contributed by atoms with Crippen LogP contribution in [0.3, 0.4) is 0 Å². The minimum Gasteiger partial charge on any atom is -0.353 e. The standard InChI is InChI=1S/C14H24N2O/c1-8-3-5-12(9(8)2)16-14(17)11-7-10-4-6-13(11)15-10/h8-13,15H,3-7H2,1-2H3,(H,16,17). The zero-order chi connectivity index (χ0) is 12.0. The van der Waals surface area contributed by atoms with Crippen LogP contribution in [0.2, 0.25) is 0 Å². The van der Waals surface area contributed by atoms with Crippen LogP contribution in [-0.4, -0.2) is 24.0 Å². The van der Waals surface area contributed by atoms with Gasteiger partial charge in [0.1, 0.15) is 0 Å². The fourth-order valence-corrected chi connectivity index (χ4v) is 3.97. The summed E-state index contributed by atoms with van der Waals surface area (Å²) in [5.41, 5.74) is 0. The van der Waals surface area contributed by atoms with E-state index in [9.17, 15) is 4.79 Å². The molecule has 3 rings (SSSR count). The summed E-state index contributed by atoms with van der Waals surface area (Å²) in [5, 5.41) is 6.85. The Morgan fingerprint density at radius 2 is 2.00 bits per heavy atom. The van der Waals surface area contributed by atoms with Gasteiger partial charge in [0, 0.05) is 18.1 Å². The molecule has 1 amide bonds. The van der Waals surface area contributed by atoms with Gasteiger partial charge in [-0.05, 0) is 43.9 Å². The Morgan fingerprint density at radius 3 is 2.53 bits per heavy atom. The van der Waals surface area contributed by atoms with Crippen LogP contribution in [0.15, 0.2) is 0 Å². The van der Waals surface area contributed by atoms with Crippen molar-refractivity contribution in [2.45, 2.75) is 64.1 Å². The normalized spacial score (nSPS) is 48.6. The highest BCUT2D eigenvalue weighted by molar-refractivity contribution is 5.80. The SMILES string of the molecule is CC1CCC(NC(=O)C2CC3CCC2N3)C1C.